The van der Waals surface area contributed by atoms with Crippen molar-refractivity contribution in [3.63, 3.8) is 0 Å². The number of pyridine rings is 1. The number of hydrogen-bond acceptors (Lipinski definition) is 4. The second kappa shape index (κ2) is 8.06. The monoisotopic (exact) mass is 250 g/mol. The molecule has 0 saturated carbocycles. The molecule has 0 atom stereocenters. The van der Waals surface area contributed by atoms with E-state index >= 15 is 0 Å². The van der Waals surface area contributed by atoms with Crippen LogP contribution in [0.5, 0.6) is 0 Å². The molecule has 1 heterocycles. The zero-order valence-electron chi connectivity index (χ0n) is 11.9. The Labute approximate surface area is 111 Å². The van der Waals surface area contributed by atoms with E-state index in [0.717, 1.165) is 38.3 Å². The fourth-order valence-corrected chi connectivity index (χ4v) is 1.93. The van der Waals surface area contributed by atoms with Crippen LogP contribution >= 0.6 is 0 Å². The molecule has 0 spiro atoms. The average Bonchev–Trinajstić information content (AvgIpc) is 2.36. The van der Waals surface area contributed by atoms with E-state index < -0.39 is 0 Å². The van der Waals surface area contributed by atoms with Crippen LogP contribution in [0.1, 0.15) is 18.9 Å². The fraction of sp³-hybridized carbons (Fsp3) is 0.643. The molecule has 0 amide bonds. The lowest BCUT2D eigenvalue weighted by molar-refractivity contribution is 0.400. The van der Waals surface area contributed by atoms with E-state index in [-0.39, 0.29) is 0 Å². The van der Waals surface area contributed by atoms with Crippen LogP contribution in [-0.4, -0.2) is 50.2 Å². The molecular formula is C14H26N4. The van der Waals surface area contributed by atoms with Crippen LogP contribution in [0.3, 0.4) is 0 Å². The van der Waals surface area contributed by atoms with Crippen LogP contribution in [0.2, 0.25) is 0 Å². The Balaban J connectivity index is 2.53. The summed E-state index contributed by atoms with van der Waals surface area (Å²) in [6.45, 7) is 6.02. The van der Waals surface area contributed by atoms with Gasteiger partial charge >= 0.3 is 0 Å². The molecule has 0 radical (unpaired) electrons. The minimum Gasteiger partial charge on any atom is -0.357 e. The van der Waals surface area contributed by atoms with Crippen molar-refractivity contribution in [2.24, 2.45) is 5.73 Å². The number of nitrogens with two attached hydrogens (primary N) is 1. The summed E-state index contributed by atoms with van der Waals surface area (Å²) in [7, 11) is 4.21. The highest BCUT2D eigenvalue weighted by Crippen LogP contribution is 2.11. The molecule has 1 rings (SSSR count). The largest absolute Gasteiger partial charge is 0.357 e. The zero-order chi connectivity index (χ0) is 13.4. The van der Waals surface area contributed by atoms with E-state index in [9.17, 15) is 0 Å². The SMILES string of the molecule is CCN(CCCN(C)C)c1ccc(CCN)cn1. The highest BCUT2D eigenvalue weighted by Gasteiger charge is 2.05. The summed E-state index contributed by atoms with van der Waals surface area (Å²) in [6.07, 6.45) is 4.00. The average molecular weight is 250 g/mol. The van der Waals surface area contributed by atoms with Crippen molar-refractivity contribution in [2.45, 2.75) is 19.8 Å². The highest BCUT2D eigenvalue weighted by atomic mass is 15.2. The molecule has 0 aliphatic carbocycles. The summed E-state index contributed by atoms with van der Waals surface area (Å²) in [5, 5.41) is 0. The van der Waals surface area contributed by atoms with Crippen LogP contribution < -0.4 is 10.6 Å². The highest BCUT2D eigenvalue weighted by molar-refractivity contribution is 5.39. The molecule has 0 bridgehead atoms. The van der Waals surface area contributed by atoms with Crippen molar-refractivity contribution < 1.29 is 0 Å². The third-order valence-electron chi connectivity index (χ3n) is 2.98. The van der Waals surface area contributed by atoms with Gasteiger partial charge in [0.15, 0.2) is 0 Å². The molecule has 0 unspecified atom stereocenters. The Morgan fingerprint density at radius 1 is 1.22 bits per heavy atom. The Morgan fingerprint density at radius 3 is 2.50 bits per heavy atom. The van der Waals surface area contributed by atoms with Crippen molar-refractivity contribution in [3.05, 3.63) is 23.9 Å². The van der Waals surface area contributed by atoms with E-state index in [1.165, 1.54) is 5.56 Å². The van der Waals surface area contributed by atoms with Crippen LogP contribution in [0, 0.1) is 0 Å². The summed E-state index contributed by atoms with van der Waals surface area (Å²) in [6, 6.07) is 4.23. The second-order valence-corrected chi connectivity index (χ2v) is 4.80. The van der Waals surface area contributed by atoms with Crippen LogP contribution in [0.25, 0.3) is 0 Å². The maximum Gasteiger partial charge on any atom is 0.128 e. The number of hydrogen-bond donors (Lipinski definition) is 1. The lowest BCUT2D eigenvalue weighted by atomic mass is 10.2. The Hall–Kier alpha value is -1.13. The predicted octanol–water partition coefficient (Wildman–Crippen LogP) is 1.36. The van der Waals surface area contributed by atoms with E-state index in [4.69, 9.17) is 5.73 Å². The lowest BCUT2D eigenvalue weighted by Crippen LogP contribution is -2.27. The van der Waals surface area contributed by atoms with Gasteiger partial charge in [-0.1, -0.05) is 6.07 Å². The second-order valence-electron chi connectivity index (χ2n) is 4.80. The van der Waals surface area contributed by atoms with Gasteiger partial charge in [-0.25, -0.2) is 4.98 Å². The van der Waals surface area contributed by atoms with Crippen molar-refractivity contribution in [1.82, 2.24) is 9.88 Å². The Morgan fingerprint density at radius 2 is 2.00 bits per heavy atom. The van der Waals surface area contributed by atoms with Crippen molar-refractivity contribution >= 4 is 5.82 Å². The third-order valence-corrected chi connectivity index (χ3v) is 2.98. The number of anilines is 1. The molecule has 0 fully saturated rings. The molecule has 4 nitrogen and oxygen atoms in total. The molecular weight excluding hydrogens is 224 g/mol. The quantitative estimate of drug-likeness (QED) is 0.757. The van der Waals surface area contributed by atoms with Gasteiger partial charge in [0.2, 0.25) is 0 Å². The van der Waals surface area contributed by atoms with Crippen LogP contribution in [0.15, 0.2) is 18.3 Å². The fourth-order valence-electron chi connectivity index (χ4n) is 1.93. The van der Waals surface area contributed by atoms with Crippen molar-refractivity contribution in [1.29, 1.82) is 0 Å². The van der Waals surface area contributed by atoms with Gasteiger partial charge in [0.05, 0.1) is 0 Å². The van der Waals surface area contributed by atoms with E-state index in [0.29, 0.717) is 6.54 Å². The van der Waals surface area contributed by atoms with E-state index in [2.05, 4.69) is 47.9 Å². The third kappa shape index (κ3) is 5.02. The first-order valence-electron chi connectivity index (χ1n) is 6.72. The summed E-state index contributed by atoms with van der Waals surface area (Å²) in [5.74, 6) is 1.07. The summed E-state index contributed by atoms with van der Waals surface area (Å²) >= 11 is 0. The maximum absolute atomic E-state index is 5.54. The molecule has 0 aromatic carbocycles. The first kappa shape index (κ1) is 14.9. The molecule has 4 heteroatoms. The standard InChI is InChI=1S/C14H26N4/c1-4-18(11-5-10-17(2)3)14-7-6-13(8-9-15)12-16-14/h6-7,12H,4-5,8-11,15H2,1-3H3. The molecule has 1 aromatic rings. The normalized spacial score (nSPS) is 10.9. The minimum absolute atomic E-state index is 0.682. The molecule has 0 aliphatic heterocycles. The molecule has 0 saturated heterocycles. The summed E-state index contributed by atoms with van der Waals surface area (Å²) in [4.78, 5) is 9.05. The number of rotatable bonds is 8. The zero-order valence-corrected chi connectivity index (χ0v) is 11.9. The number of nitrogens with zero attached hydrogens (tertiary/aromatic N) is 3. The lowest BCUT2D eigenvalue weighted by Gasteiger charge is -2.23. The smallest absolute Gasteiger partial charge is 0.128 e. The van der Waals surface area contributed by atoms with E-state index in [1.54, 1.807) is 0 Å². The van der Waals surface area contributed by atoms with Gasteiger partial charge in [-0.3, -0.25) is 0 Å². The first-order valence-corrected chi connectivity index (χ1v) is 6.72. The maximum atomic E-state index is 5.54. The van der Waals surface area contributed by atoms with Crippen molar-refractivity contribution in [2.75, 3.05) is 45.2 Å². The van der Waals surface area contributed by atoms with Crippen LogP contribution in [0.4, 0.5) is 5.82 Å². The molecule has 1 aromatic heterocycles. The van der Waals surface area contributed by atoms with E-state index in [1.807, 2.05) is 6.20 Å². The Bertz CT molecular complexity index is 321. The van der Waals surface area contributed by atoms with Gasteiger partial charge in [0, 0.05) is 19.3 Å². The van der Waals surface area contributed by atoms with Gasteiger partial charge in [-0.05, 0) is 58.6 Å². The van der Waals surface area contributed by atoms with Gasteiger partial charge in [0.1, 0.15) is 5.82 Å². The summed E-state index contributed by atoms with van der Waals surface area (Å²) < 4.78 is 0. The van der Waals surface area contributed by atoms with Gasteiger partial charge in [0.25, 0.3) is 0 Å². The summed E-state index contributed by atoms with van der Waals surface area (Å²) in [5.41, 5.74) is 6.75. The topological polar surface area (TPSA) is 45.4 Å². The minimum atomic E-state index is 0.682. The van der Waals surface area contributed by atoms with Crippen LogP contribution in [-0.2, 0) is 6.42 Å². The molecule has 102 valence electrons. The molecule has 0 aliphatic rings. The molecule has 2 N–H and O–H groups in total. The first-order chi connectivity index (χ1) is 8.67. The number of aromatic nitrogens is 1. The predicted molar refractivity (Wildman–Crippen MR) is 78.1 cm³/mol. The van der Waals surface area contributed by atoms with Gasteiger partial charge in [-0.15, -0.1) is 0 Å². The van der Waals surface area contributed by atoms with Gasteiger partial charge in [-0.2, -0.15) is 0 Å². The molecule has 18 heavy (non-hydrogen) atoms. The van der Waals surface area contributed by atoms with Crippen molar-refractivity contribution in [3.8, 4) is 0 Å². The van der Waals surface area contributed by atoms with Gasteiger partial charge < -0.3 is 15.5 Å². The Kier molecular flexibility index (Phi) is 6.68.